The Morgan fingerprint density at radius 3 is 1.49 bits per heavy atom. The lowest BCUT2D eigenvalue weighted by atomic mass is 10.0. The molecular formula is C31H41BrN2O5. The Morgan fingerprint density at radius 1 is 0.744 bits per heavy atom. The second kappa shape index (κ2) is 13.0. The van der Waals surface area contributed by atoms with E-state index in [1.807, 2.05) is 70.7 Å². The summed E-state index contributed by atoms with van der Waals surface area (Å²) in [5, 5.41) is 0. The van der Waals surface area contributed by atoms with Crippen molar-refractivity contribution in [1.29, 1.82) is 0 Å². The number of hydrogen-bond donors (Lipinski definition) is 0. The van der Waals surface area contributed by atoms with Gasteiger partial charge in [-0.15, -0.1) is 0 Å². The molecule has 212 valence electrons. The van der Waals surface area contributed by atoms with Gasteiger partial charge in [-0.3, -0.25) is 4.79 Å². The van der Waals surface area contributed by atoms with Gasteiger partial charge in [-0.25, -0.2) is 9.59 Å². The van der Waals surface area contributed by atoms with Gasteiger partial charge in [-0.05, 0) is 90.5 Å². The Kier molecular flexibility index (Phi) is 10.2. The van der Waals surface area contributed by atoms with Crippen LogP contribution in [0.25, 0.3) is 0 Å². The second-order valence-electron chi connectivity index (χ2n) is 12.0. The largest absolute Gasteiger partial charge is 0.444 e. The van der Waals surface area contributed by atoms with Crippen LogP contribution in [0.1, 0.15) is 101 Å². The summed E-state index contributed by atoms with van der Waals surface area (Å²) >= 11 is 3.43. The summed E-state index contributed by atoms with van der Waals surface area (Å²) < 4.78 is 12.0. The van der Waals surface area contributed by atoms with Gasteiger partial charge in [0.1, 0.15) is 17.5 Å². The lowest BCUT2D eigenvalue weighted by Crippen LogP contribution is -2.36. The third-order valence-electron chi connectivity index (χ3n) is 6.47. The maximum atomic E-state index is 12.2. The second-order valence-corrected chi connectivity index (χ2v) is 12.9. The minimum atomic E-state index is -0.481. The molecule has 0 N–H and O–H groups in total. The number of halogens is 1. The van der Waals surface area contributed by atoms with E-state index in [0.717, 1.165) is 55.1 Å². The molecule has 0 saturated carbocycles. The van der Waals surface area contributed by atoms with E-state index in [-0.39, 0.29) is 24.3 Å². The molecule has 2 atom stereocenters. The minimum absolute atomic E-state index is 0.0468. The van der Waals surface area contributed by atoms with Crippen molar-refractivity contribution in [3.8, 4) is 0 Å². The Bertz CT molecular complexity index is 1120. The van der Waals surface area contributed by atoms with Crippen LogP contribution in [0.15, 0.2) is 53.0 Å². The smallest absolute Gasteiger partial charge is 0.410 e. The van der Waals surface area contributed by atoms with Crippen LogP contribution in [-0.2, 0) is 9.47 Å². The molecule has 2 fully saturated rings. The van der Waals surface area contributed by atoms with Crippen LogP contribution in [0.4, 0.5) is 9.59 Å². The zero-order valence-electron chi connectivity index (χ0n) is 23.9. The van der Waals surface area contributed by atoms with Crippen molar-refractivity contribution < 1.29 is 23.9 Å². The predicted molar refractivity (Wildman–Crippen MR) is 156 cm³/mol. The molecule has 2 heterocycles. The summed E-state index contributed by atoms with van der Waals surface area (Å²) in [6.07, 6.45) is 4.28. The van der Waals surface area contributed by atoms with Crippen LogP contribution in [0, 0.1) is 0 Å². The molecule has 2 aromatic rings. The average Bonchev–Trinajstić information content (AvgIpc) is 3.53. The summed E-state index contributed by atoms with van der Waals surface area (Å²) in [5.74, 6) is 0. The average molecular weight is 602 g/mol. The highest BCUT2D eigenvalue weighted by molar-refractivity contribution is 9.10. The molecule has 2 unspecified atom stereocenters. The van der Waals surface area contributed by atoms with E-state index < -0.39 is 11.2 Å². The van der Waals surface area contributed by atoms with E-state index >= 15 is 0 Å². The standard InChI is InChI=1S/C16H21NO3.C15H20BrNO2/c1-16(2,3)20-15(19)17-10-4-5-14(17)13-8-6-12(11-18)7-9-13;1-15(2,3)19-14(18)17-10-4-5-13(17)11-6-8-12(16)9-7-11/h6-9,11,14H,4-5,10H2,1-3H3;6-9,13H,4-5,10H2,1-3H3. The number of carbonyl (C=O) groups is 3. The Balaban J connectivity index is 0.000000216. The van der Waals surface area contributed by atoms with E-state index in [4.69, 9.17) is 9.47 Å². The van der Waals surface area contributed by atoms with Gasteiger partial charge in [0, 0.05) is 23.1 Å². The van der Waals surface area contributed by atoms with Crippen LogP contribution >= 0.6 is 15.9 Å². The topological polar surface area (TPSA) is 76.2 Å². The normalized spacial score (nSPS) is 19.3. The van der Waals surface area contributed by atoms with E-state index in [2.05, 4.69) is 28.1 Å². The van der Waals surface area contributed by atoms with Gasteiger partial charge < -0.3 is 19.3 Å². The molecule has 0 bridgehead atoms. The highest BCUT2D eigenvalue weighted by Gasteiger charge is 2.34. The lowest BCUT2D eigenvalue weighted by Gasteiger charge is -2.28. The summed E-state index contributed by atoms with van der Waals surface area (Å²) in [5.41, 5.74) is 1.95. The molecule has 0 spiro atoms. The molecular weight excluding hydrogens is 560 g/mol. The number of rotatable bonds is 3. The predicted octanol–water partition coefficient (Wildman–Crippen LogP) is 8.09. The number of benzene rings is 2. The van der Waals surface area contributed by atoms with Crippen molar-refractivity contribution in [1.82, 2.24) is 9.80 Å². The van der Waals surface area contributed by atoms with Crippen molar-refractivity contribution in [2.75, 3.05) is 13.1 Å². The molecule has 0 aromatic heterocycles. The molecule has 2 saturated heterocycles. The van der Waals surface area contributed by atoms with Crippen molar-refractivity contribution >= 4 is 34.4 Å². The third-order valence-corrected chi connectivity index (χ3v) is 7.00. The number of hydrogen-bond acceptors (Lipinski definition) is 5. The van der Waals surface area contributed by atoms with E-state index in [1.54, 1.807) is 17.0 Å². The van der Waals surface area contributed by atoms with Gasteiger partial charge in [0.2, 0.25) is 0 Å². The van der Waals surface area contributed by atoms with Crippen LogP contribution < -0.4 is 0 Å². The van der Waals surface area contributed by atoms with Gasteiger partial charge in [-0.2, -0.15) is 0 Å². The summed E-state index contributed by atoms with van der Waals surface area (Å²) in [4.78, 5) is 38.7. The minimum Gasteiger partial charge on any atom is -0.444 e. The van der Waals surface area contributed by atoms with E-state index in [0.29, 0.717) is 5.56 Å². The van der Waals surface area contributed by atoms with E-state index in [1.165, 1.54) is 5.56 Å². The molecule has 7 nitrogen and oxygen atoms in total. The summed E-state index contributed by atoms with van der Waals surface area (Å²) in [6, 6.07) is 15.8. The fourth-order valence-corrected chi connectivity index (χ4v) is 5.05. The Hall–Kier alpha value is -2.87. The van der Waals surface area contributed by atoms with Crippen LogP contribution in [0.2, 0.25) is 0 Å². The van der Waals surface area contributed by atoms with Crippen molar-refractivity contribution in [2.24, 2.45) is 0 Å². The summed E-state index contributed by atoms with van der Waals surface area (Å²) in [6.45, 7) is 12.8. The molecule has 0 aliphatic carbocycles. The molecule has 39 heavy (non-hydrogen) atoms. The zero-order valence-corrected chi connectivity index (χ0v) is 25.5. The number of ether oxygens (including phenoxy) is 2. The summed E-state index contributed by atoms with van der Waals surface area (Å²) in [7, 11) is 0. The van der Waals surface area contributed by atoms with Crippen molar-refractivity contribution in [3.05, 3.63) is 69.7 Å². The SMILES string of the molecule is CC(C)(C)OC(=O)N1CCCC1c1ccc(Br)cc1.CC(C)(C)OC(=O)N1CCCC1c1ccc(C=O)cc1. The highest BCUT2D eigenvalue weighted by Crippen LogP contribution is 2.34. The first kappa shape index (κ1) is 30.7. The highest BCUT2D eigenvalue weighted by atomic mass is 79.9. The number of likely N-dealkylation sites (tertiary alicyclic amines) is 2. The van der Waals surface area contributed by atoms with Crippen molar-refractivity contribution in [3.63, 3.8) is 0 Å². The van der Waals surface area contributed by atoms with Crippen LogP contribution in [0.3, 0.4) is 0 Å². The van der Waals surface area contributed by atoms with Crippen molar-refractivity contribution in [2.45, 2.75) is 90.5 Å². The first-order valence-corrected chi connectivity index (χ1v) is 14.4. The quantitative estimate of drug-likeness (QED) is 0.333. The number of amides is 2. The van der Waals surface area contributed by atoms with Gasteiger partial charge in [0.05, 0.1) is 12.1 Å². The lowest BCUT2D eigenvalue weighted by molar-refractivity contribution is 0.0214. The first-order chi connectivity index (χ1) is 18.3. The molecule has 4 rings (SSSR count). The molecule has 0 radical (unpaired) electrons. The number of nitrogens with zero attached hydrogens (tertiary/aromatic N) is 2. The molecule has 2 amide bonds. The number of aldehydes is 1. The van der Waals surface area contributed by atoms with Gasteiger partial charge in [-0.1, -0.05) is 52.3 Å². The first-order valence-electron chi connectivity index (χ1n) is 13.6. The number of carbonyl (C=O) groups excluding carboxylic acids is 3. The maximum Gasteiger partial charge on any atom is 0.410 e. The molecule has 2 aliphatic rings. The van der Waals surface area contributed by atoms with Gasteiger partial charge >= 0.3 is 12.2 Å². The Morgan fingerprint density at radius 2 is 1.13 bits per heavy atom. The monoisotopic (exact) mass is 600 g/mol. The fourth-order valence-electron chi connectivity index (χ4n) is 4.79. The third kappa shape index (κ3) is 9.09. The molecule has 2 aromatic carbocycles. The van der Waals surface area contributed by atoms with Crippen LogP contribution in [-0.4, -0.2) is 52.6 Å². The molecule has 2 aliphatic heterocycles. The van der Waals surface area contributed by atoms with Gasteiger partial charge in [0.25, 0.3) is 0 Å². The van der Waals surface area contributed by atoms with E-state index in [9.17, 15) is 14.4 Å². The zero-order chi connectivity index (χ0) is 28.8. The fraction of sp³-hybridized carbons (Fsp3) is 0.516. The Labute approximate surface area is 241 Å². The van der Waals surface area contributed by atoms with Gasteiger partial charge in [0.15, 0.2) is 0 Å². The molecule has 8 heteroatoms. The van der Waals surface area contributed by atoms with Crippen LogP contribution in [0.5, 0.6) is 0 Å². The maximum absolute atomic E-state index is 12.2.